The van der Waals surface area contributed by atoms with Crippen molar-refractivity contribution in [2.24, 2.45) is 10.9 Å². The number of hydrogen-bond acceptors (Lipinski definition) is 3. The summed E-state index contributed by atoms with van der Waals surface area (Å²) in [6.07, 6.45) is 5.11. The van der Waals surface area contributed by atoms with Gasteiger partial charge >= 0.3 is 0 Å². The Labute approximate surface area is 127 Å². The first-order valence-electron chi connectivity index (χ1n) is 8.01. The van der Waals surface area contributed by atoms with Gasteiger partial charge in [0.25, 0.3) is 0 Å². The van der Waals surface area contributed by atoms with E-state index in [-0.39, 0.29) is 0 Å². The number of likely N-dealkylation sites (tertiary alicyclic amines) is 1. The second kappa shape index (κ2) is 8.72. The summed E-state index contributed by atoms with van der Waals surface area (Å²) in [4.78, 5) is 7.12. The Morgan fingerprint density at radius 3 is 2.86 bits per heavy atom. The zero-order chi connectivity index (χ0) is 14.9. The van der Waals surface area contributed by atoms with Gasteiger partial charge in [-0.3, -0.25) is 4.99 Å². The number of nitrogens with zero attached hydrogens (tertiary/aromatic N) is 2. The van der Waals surface area contributed by atoms with E-state index in [0.29, 0.717) is 0 Å². The third-order valence-electron chi connectivity index (χ3n) is 3.93. The van der Waals surface area contributed by atoms with E-state index in [9.17, 15) is 0 Å². The number of piperidine rings is 1. The minimum Gasteiger partial charge on any atom is -0.469 e. The van der Waals surface area contributed by atoms with Gasteiger partial charge in [0.15, 0.2) is 5.96 Å². The zero-order valence-electron chi connectivity index (χ0n) is 13.3. The highest BCUT2D eigenvalue weighted by molar-refractivity contribution is 5.79. The molecule has 118 valence electrons. The molecule has 0 unspecified atom stereocenters. The quantitative estimate of drug-likeness (QED) is 0.619. The summed E-state index contributed by atoms with van der Waals surface area (Å²) in [6, 6.07) is 3.93. The Hall–Kier alpha value is -1.49. The largest absolute Gasteiger partial charge is 0.469 e. The topological polar surface area (TPSA) is 52.8 Å². The summed E-state index contributed by atoms with van der Waals surface area (Å²) in [5.41, 5.74) is 0. The summed E-state index contributed by atoms with van der Waals surface area (Å²) in [7, 11) is 2.19. The molecule has 1 fully saturated rings. The molecule has 5 nitrogen and oxygen atoms in total. The van der Waals surface area contributed by atoms with Crippen LogP contribution in [0.4, 0.5) is 0 Å². The van der Waals surface area contributed by atoms with Crippen LogP contribution in [0.3, 0.4) is 0 Å². The lowest BCUT2D eigenvalue weighted by Crippen LogP contribution is -2.39. The van der Waals surface area contributed by atoms with Crippen molar-refractivity contribution >= 4 is 5.96 Å². The predicted octanol–water partition coefficient (Wildman–Crippen LogP) is 1.72. The van der Waals surface area contributed by atoms with Gasteiger partial charge in [-0.25, -0.2) is 0 Å². The summed E-state index contributed by atoms with van der Waals surface area (Å²) in [5, 5.41) is 6.68. The lowest BCUT2D eigenvalue weighted by molar-refractivity contribution is 0.223. The number of hydrogen-bond donors (Lipinski definition) is 2. The first-order valence-corrected chi connectivity index (χ1v) is 8.01. The van der Waals surface area contributed by atoms with Crippen LogP contribution in [-0.2, 0) is 6.42 Å². The molecule has 2 heterocycles. The van der Waals surface area contributed by atoms with Gasteiger partial charge in [-0.2, -0.15) is 0 Å². The maximum Gasteiger partial charge on any atom is 0.191 e. The van der Waals surface area contributed by atoms with E-state index >= 15 is 0 Å². The van der Waals surface area contributed by atoms with Crippen molar-refractivity contribution in [3.63, 3.8) is 0 Å². The van der Waals surface area contributed by atoms with Crippen LogP contribution in [-0.4, -0.2) is 50.6 Å². The van der Waals surface area contributed by atoms with Crippen molar-refractivity contribution in [2.75, 3.05) is 39.8 Å². The highest BCUT2D eigenvalue weighted by atomic mass is 16.3. The molecular weight excluding hydrogens is 264 g/mol. The molecule has 0 radical (unpaired) electrons. The Morgan fingerprint density at radius 2 is 2.19 bits per heavy atom. The molecule has 2 N–H and O–H groups in total. The number of guanidine groups is 1. The molecule has 0 aromatic carbocycles. The van der Waals surface area contributed by atoms with Crippen LogP contribution in [0.5, 0.6) is 0 Å². The molecule has 1 aliphatic heterocycles. The van der Waals surface area contributed by atoms with Crippen LogP contribution >= 0.6 is 0 Å². The Bertz CT molecular complexity index is 408. The molecule has 1 aliphatic rings. The van der Waals surface area contributed by atoms with Crippen molar-refractivity contribution in [1.82, 2.24) is 15.5 Å². The van der Waals surface area contributed by atoms with Crippen molar-refractivity contribution in [2.45, 2.75) is 26.2 Å². The molecule has 2 rings (SSSR count). The molecular formula is C16H28N4O. The normalized spacial score (nSPS) is 17.9. The van der Waals surface area contributed by atoms with Crippen LogP contribution in [0.2, 0.25) is 0 Å². The second-order valence-electron chi connectivity index (χ2n) is 5.72. The molecule has 5 heteroatoms. The van der Waals surface area contributed by atoms with Gasteiger partial charge in [0.2, 0.25) is 0 Å². The predicted molar refractivity (Wildman–Crippen MR) is 86.6 cm³/mol. The molecule has 21 heavy (non-hydrogen) atoms. The van der Waals surface area contributed by atoms with Gasteiger partial charge in [-0.05, 0) is 58.0 Å². The third kappa shape index (κ3) is 5.79. The van der Waals surface area contributed by atoms with E-state index in [4.69, 9.17) is 9.41 Å². The zero-order valence-corrected chi connectivity index (χ0v) is 13.3. The summed E-state index contributed by atoms with van der Waals surface area (Å²) in [5.74, 6) is 2.65. The minimum atomic E-state index is 0.724. The number of rotatable bonds is 6. The Morgan fingerprint density at radius 1 is 1.38 bits per heavy atom. The van der Waals surface area contributed by atoms with E-state index in [1.807, 2.05) is 12.1 Å². The van der Waals surface area contributed by atoms with Crippen molar-refractivity contribution in [3.05, 3.63) is 24.2 Å². The van der Waals surface area contributed by atoms with Crippen molar-refractivity contribution < 1.29 is 4.42 Å². The standard InChI is InChI=1S/C16H28N4O/c1-3-17-16(18-9-6-15-5-4-12-21-15)19-13-14-7-10-20(2)11-8-14/h4-5,12,14H,3,6-11,13H2,1-2H3,(H2,17,18,19). The SMILES string of the molecule is CCNC(=NCC1CCN(C)CC1)NCCc1ccco1. The maximum absolute atomic E-state index is 5.34. The average Bonchev–Trinajstić information content (AvgIpc) is 3.00. The highest BCUT2D eigenvalue weighted by Crippen LogP contribution is 2.15. The summed E-state index contributed by atoms with van der Waals surface area (Å²) >= 11 is 0. The molecule has 0 saturated carbocycles. The first kappa shape index (κ1) is 15.9. The van der Waals surface area contributed by atoms with Crippen LogP contribution in [0.15, 0.2) is 27.8 Å². The van der Waals surface area contributed by atoms with Gasteiger partial charge in [0, 0.05) is 26.1 Å². The van der Waals surface area contributed by atoms with Crippen LogP contribution < -0.4 is 10.6 Å². The number of furan rings is 1. The highest BCUT2D eigenvalue weighted by Gasteiger charge is 2.16. The maximum atomic E-state index is 5.34. The van der Waals surface area contributed by atoms with E-state index in [1.165, 1.54) is 25.9 Å². The molecule has 1 aromatic rings. The van der Waals surface area contributed by atoms with Gasteiger partial charge < -0.3 is 20.0 Å². The van der Waals surface area contributed by atoms with Crippen molar-refractivity contribution in [1.29, 1.82) is 0 Å². The average molecular weight is 292 g/mol. The summed E-state index contributed by atoms with van der Waals surface area (Å²) in [6.45, 7) is 7.14. The Kier molecular flexibility index (Phi) is 6.60. The molecule has 0 spiro atoms. The number of nitrogens with one attached hydrogen (secondary N) is 2. The molecule has 1 aromatic heterocycles. The smallest absolute Gasteiger partial charge is 0.191 e. The molecule has 0 atom stereocenters. The van der Waals surface area contributed by atoms with E-state index in [1.54, 1.807) is 6.26 Å². The van der Waals surface area contributed by atoms with Crippen LogP contribution in [0.1, 0.15) is 25.5 Å². The van der Waals surface area contributed by atoms with Crippen LogP contribution in [0.25, 0.3) is 0 Å². The lowest BCUT2D eigenvalue weighted by Gasteiger charge is -2.28. The van der Waals surface area contributed by atoms with Gasteiger partial charge in [0.1, 0.15) is 5.76 Å². The van der Waals surface area contributed by atoms with Gasteiger partial charge in [-0.15, -0.1) is 0 Å². The fourth-order valence-corrected chi connectivity index (χ4v) is 2.57. The van der Waals surface area contributed by atoms with E-state index < -0.39 is 0 Å². The van der Waals surface area contributed by atoms with Crippen molar-refractivity contribution in [3.8, 4) is 0 Å². The number of aliphatic imine (C=N–C) groups is 1. The molecule has 0 aliphatic carbocycles. The van der Waals surface area contributed by atoms with E-state index in [0.717, 1.165) is 43.7 Å². The fraction of sp³-hybridized carbons (Fsp3) is 0.688. The lowest BCUT2D eigenvalue weighted by atomic mass is 9.97. The van der Waals surface area contributed by atoms with E-state index in [2.05, 4.69) is 29.5 Å². The van der Waals surface area contributed by atoms with Gasteiger partial charge in [0.05, 0.1) is 6.26 Å². The fourth-order valence-electron chi connectivity index (χ4n) is 2.57. The second-order valence-corrected chi connectivity index (χ2v) is 5.72. The Balaban J connectivity index is 1.73. The summed E-state index contributed by atoms with van der Waals surface area (Å²) < 4.78 is 5.34. The molecule has 0 bridgehead atoms. The molecule has 0 amide bonds. The monoisotopic (exact) mass is 292 g/mol. The third-order valence-corrected chi connectivity index (χ3v) is 3.93. The van der Waals surface area contributed by atoms with Crippen LogP contribution in [0, 0.1) is 5.92 Å². The molecule has 1 saturated heterocycles. The first-order chi connectivity index (χ1) is 10.3. The minimum absolute atomic E-state index is 0.724. The van der Waals surface area contributed by atoms with Gasteiger partial charge in [-0.1, -0.05) is 0 Å².